The molecule has 1 saturated heterocycles. The predicted molar refractivity (Wildman–Crippen MR) is 78.9 cm³/mol. The molecule has 0 aliphatic carbocycles. The van der Waals surface area contributed by atoms with Gasteiger partial charge in [0.15, 0.2) is 0 Å². The van der Waals surface area contributed by atoms with Crippen LogP contribution in [0.5, 0.6) is 0 Å². The van der Waals surface area contributed by atoms with E-state index in [1.165, 1.54) is 19.3 Å². The number of benzene rings is 1. The number of hydrogen-bond donors (Lipinski definition) is 0. The molecule has 3 heteroatoms. The molecule has 1 aliphatic heterocycles. The quantitative estimate of drug-likeness (QED) is 0.780. The lowest BCUT2D eigenvalue weighted by molar-refractivity contribution is 0.577. The Hall–Kier alpha value is -1.35. The summed E-state index contributed by atoms with van der Waals surface area (Å²) >= 11 is 1.68. The number of piperidine rings is 1. The third-order valence-corrected chi connectivity index (χ3v) is 4.56. The van der Waals surface area contributed by atoms with Crippen molar-refractivity contribution in [1.29, 1.82) is 0 Å². The molecule has 0 amide bonds. The fourth-order valence-corrected chi connectivity index (χ4v) is 3.51. The summed E-state index contributed by atoms with van der Waals surface area (Å²) in [4.78, 5) is 14.8. The zero-order chi connectivity index (χ0) is 12.5. The van der Waals surface area contributed by atoms with Gasteiger partial charge in [-0.15, -0.1) is 11.3 Å². The van der Waals surface area contributed by atoms with E-state index in [-0.39, 0.29) is 5.43 Å². The molecule has 2 nitrogen and oxygen atoms in total. The highest BCUT2D eigenvalue weighted by molar-refractivity contribution is 7.16. The number of fused-ring (bicyclic) bond motifs is 1. The predicted octanol–water partition coefficient (Wildman–Crippen LogP) is 3.56. The van der Waals surface area contributed by atoms with E-state index in [9.17, 15) is 4.79 Å². The third-order valence-electron chi connectivity index (χ3n) is 3.61. The van der Waals surface area contributed by atoms with Crippen molar-refractivity contribution in [2.45, 2.75) is 26.2 Å². The van der Waals surface area contributed by atoms with Crippen LogP contribution in [0.1, 0.15) is 24.8 Å². The first-order valence-corrected chi connectivity index (χ1v) is 7.41. The van der Waals surface area contributed by atoms with Crippen molar-refractivity contribution in [3.63, 3.8) is 0 Å². The molecule has 0 N–H and O–H groups in total. The van der Waals surface area contributed by atoms with Crippen LogP contribution in [-0.2, 0) is 0 Å². The number of aryl methyl sites for hydroxylation is 1. The minimum Gasteiger partial charge on any atom is -0.368 e. The Bertz CT molecular complexity index is 626. The first kappa shape index (κ1) is 11.7. The topological polar surface area (TPSA) is 20.3 Å². The molecule has 0 spiro atoms. The van der Waals surface area contributed by atoms with Crippen LogP contribution in [0.3, 0.4) is 0 Å². The summed E-state index contributed by atoms with van der Waals surface area (Å²) < 4.78 is 1.09. The summed E-state index contributed by atoms with van der Waals surface area (Å²) in [6, 6.07) is 6.14. The van der Waals surface area contributed by atoms with Gasteiger partial charge in [-0.1, -0.05) is 11.6 Å². The molecule has 0 bridgehead atoms. The van der Waals surface area contributed by atoms with E-state index in [0.29, 0.717) is 0 Å². The fraction of sp³-hybridized carbons (Fsp3) is 0.400. The Morgan fingerprint density at radius 3 is 2.72 bits per heavy atom. The number of hydrogen-bond acceptors (Lipinski definition) is 3. The summed E-state index contributed by atoms with van der Waals surface area (Å²) in [5.41, 5.74) is 2.26. The summed E-state index contributed by atoms with van der Waals surface area (Å²) in [6.07, 6.45) is 3.70. The monoisotopic (exact) mass is 259 g/mol. The molecule has 1 fully saturated rings. The van der Waals surface area contributed by atoms with Gasteiger partial charge in [0.05, 0.1) is 5.69 Å². The highest BCUT2D eigenvalue weighted by atomic mass is 32.1. The number of nitrogens with zero attached hydrogens (tertiary/aromatic N) is 1. The molecule has 1 aliphatic rings. The highest BCUT2D eigenvalue weighted by Gasteiger charge is 2.15. The van der Waals surface area contributed by atoms with E-state index < -0.39 is 0 Å². The van der Waals surface area contributed by atoms with Gasteiger partial charge in [0.2, 0.25) is 5.43 Å². The molecular formula is C15H17NOS. The second kappa shape index (κ2) is 4.73. The molecule has 1 aromatic heterocycles. The van der Waals surface area contributed by atoms with Gasteiger partial charge in [-0.2, -0.15) is 0 Å². The summed E-state index contributed by atoms with van der Waals surface area (Å²) in [5.74, 6) is 0. The number of rotatable bonds is 1. The van der Waals surface area contributed by atoms with Crippen molar-refractivity contribution < 1.29 is 0 Å². The van der Waals surface area contributed by atoms with E-state index in [1.54, 1.807) is 11.3 Å². The first-order chi connectivity index (χ1) is 8.75. The van der Waals surface area contributed by atoms with Gasteiger partial charge < -0.3 is 4.90 Å². The lowest BCUT2D eigenvalue weighted by atomic mass is 10.1. The summed E-state index contributed by atoms with van der Waals surface area (Å²) in [7, 11) is 0. The maximum absolute atomic E-state index is 12.5. The van der Waals surface area contributed by atoms with Gasteiger partial charge in [-0.05, 0) is 38.3 Å². The van der Waals surface area contributed by atoms with Crippen LogP contribution >= 0.6 is 11.3 Å². The summed E-state index contributed by atoms with van der Waals surface area (Å²) in [6.45, 7) is 4.09. The van der Waals surface area contributed by atoms with Gasteiger partial charge in [0.25, 0.3) is 0 Å². The molecule has 2 aromatic rings. The molecule has 0 radical (unpaired) electrons. The first-order valence-electron chi connectivity index (χ1n) is 6.53. The fourth-order valence-electron chi connectivity index (χ4n) is 2.59. The van der Waals surface area contributed by atoms with Crippen LogP contribution in [-0.4, -0.2) is 13.1 Å². The Balaban J connectivity index is 2.13. The van der Waals surface area contributed by atoms with E-state index in [0.717, 1.165) is 34.4 Å². The van der Waals surface area contributed by atoms with Crippen molar-refractivity contribution in [3.8, 4) is 0 Å². The van der Waals surface area contributed by atoms with Crippen LogP contribution in [0.25, 0.3) is 10.1 Å². The Morgan fingerprint density at radius 1 is 1.17 bits per heavy atom. The van der Waals surface area contributed by atoms with E-state index in [4.69, 9.17) is 0 Å². The summed E-state index contributed by atoms with van der Waals surface area (Å²) in [5, 5.41) is 2.91. The zero-order valence-corrected chi connectivity index (χ0v) is 11.4. The van der Waals surface area contributed by atoms with Crippen LogP contribution < -0.4 is 10.3 Å². The largest absolute Gasteiger partial charge is 0.368 e. The lowest BCUT2D eigenvalue weighted by Crippen LogP contribution is -2.32. The van der Waals surface area contributed by atoms with Crippen molar-refractivity contribution in [2.75, 3.05) is 18.0 Å². The minimum absolute atomic E-state index is 0.203. The second-order valence-electron chi connectivity index (χ2n) is 5.00. The molecule has 2 heterocycles. The SMILES string of the molecule is Cc1ccc2scc(N3CCCCC3)c(=O)c2c1. The standard InChI is InChI=1S/C15H17NOS/c1-11-5-6-14-12(9-11)15(17)13(10-18-14)16-7-3-2-4-8-16/h5-6,9-10H,2-4,7-8H2,1H3. The van der Waals surface area contributed by atoms with Crippen molar-refractivity contribution >= 4 is 27.1 Å². The van der Waals surface area contributed by atoms with Crippen molar-refractivity contribution in [2.24, 2.45) is 0 Å². The van der Waals surface area contributed by atoms with Gasteiger partial charge >= 0.3 is 0 Å². The molecule has 0 unspecified atom stereocenters. The third kappa shape index (κ3) is 2.03. The van der Waals surface area contributed by atoms with Crippen molar-refractivity contribution in [3.05, 3.63) is 39.4 Å². The molecule has 3 rings (SSSR count). The molecule has 0 saturated carbocycles. The maximum atomic E-state index is 12.5. The van der Waals surface area contributed by atoms with E-state index in [1.807, 2.05) is 18.4 Å². The number of anilines is 1. The van der Waals surface area contributed by atoms with Gasteiger partial charge in [0, 0.05) is 28.6 Å². The highest BCUT2D eigenvalue weighted by Crippen LogP contribution is 2.24. The Kier molecular flexibility index (Phi) is 3.08. The van der Waals surface area contributed by atoms with Crippen LogP contribution in [0, 0.1) is 6.92 Å². The van der Waals surface area contributed by atoms with Crippen LogP contribution in [0.15, 0.2) is 28.4 Å². The Morgan fingerprint density at radius 2 is 1.94 bits per heavy atom. The van der Waals surface area contributed by atoms with E-state index >= 15 is 0 Å². The maximum Gasteiger partial charge on any atom is 0.211 e. The van der Waals surface area contributed by atoms with Gasteiger partial charge in [-0.25, -0.2) is 0 Å². The Labute approximate surface area is 111 Å². The normalized spacial score (nSPS) is 16.2. The molecule has 1 aromatic carbocycles. The molecule has 94 valence electrons. The average Bonchev–Trinajstić information content (AvgIpc) is 2.41. The van der Waals surface area contributed by atoms with Gasteiger partial charge in [0.1, 0.15) is 0 Å². The zero-order valence-electron chi connectivity index (χ0n) is 10.6. The average molecular weight is 259 g/mol. The van der Waals surface area contributed by atoms with E-state index in [2.05, 4.69) is 17.0 Å². The smallest absolute Gasteiger partial charge is 0.211 e. The lowest BCUT2D eigenvalue weighted by Gasteiger charge is -2.28. The molecular weight excluding hydrogens is 242 g/mol. The second-order valence-corrected chi connectivity index (χ2v) is 5.91. The minimum atomic E-state index is 0.203. The molecule has 0 atom stereocenters. The van der Waals surface area contributed by atoms with Crippen LogP contribution in [0.4, 0.5) is 5.69 Å². The van der Waals surface area contributed by atoms with Gasteiger partial charge in [-0.3, -0.25) is 4.79 Å². The molecule has 18 heavy (non-hydrogen) atoms. The van der Waals surface area contributed by atoms with Crippen LogP contribution in [0.2, 0.25) is 0 Å². The van der Waals surface area contributed by atoms with Crippen molar-refractivity contribution in [1.82, 2.24) is 0 Å².